The summed E-state index contributed by atoms with van der Waals surface area (Å²) in [6.45, 7) is 4.32. The maximum Gasteiger partial charge on any atom is 0.206 e. The fourth-order valence-corrected chi connectivity index (χ4v) is 2.67. The molecule has 1 aliphatic rings. The Balaban J connectivity index is 2.87. The van der Waals surface area contributed by atoms with Gasteiger partial charge in [-0.15, -0.1) is 11.8 Å². The summed E-state index contributed by atoms with van der Waals surface area (Å²) in [6.07, 6.45) is 5.40. The van der Waals surface area contributed by atoms with Crippen molar-refractivity contribution >= 4 is 23.7 Å². The number of thioether (sulfide) groups is 1. The van der Waals surface area contributed by atoms with E-state index in [1.807, 2.05) is 6.26 Å². The molecule has 1 aliphatic heterocycles. The van der Waals surface area contributed by atoms with Gasteiger partial charge in [-0.05, 0) is 12.7 Å². The lowest BCUT2D eigenvalue weighted by atomic mass is 10.0. The highest BCUT2D eigenvalue weighted by Gasteiger charge is 2.37. The lowest BCUT2D eigenvalue weighted by molar-refractivity contribution is 0.388. The Labute approximate surface area is 101 Å². The van der Waals surface area contributed by atoms with Crippen molar-refractivity contribution in [2.75, 3.05) is 6.26 Å². The van der Waals surface area contributed by atoms with Crippen LogP contribution in [0.1, 0.15) is 33.1 Å². The summed E-state index contributed by atoms with van der Waals surface area (Å²) < 4.78 is 0. The van der Waals surface area contributed by atoms with Crippen LogP contribution in [0.15, 0.2) is 9.98 Å². The summed E-state index contributed by atoms with van der Waals surface area (Å²) in [5.41, 5.74) is 11.4. The molecule has 0 fully saturated rings. The summed E-state index contributed by atoms with van der Waals surface area (Å²) in [5.74, 6) is 1.03. The zero-order valence-electron chi connectivity index (χ0n) is 10.2. The van der Waals surface area contributed by atoms with Crippen molar-refractivity contribution in [1.82, 2.24) is 5.32 Å². The van der Waals surface area contributed by atoms with E-state index < -0.39 is 4.99 Å². The normalized spacial score (nSPS) is 20.7. The predicted molar refractivity (Wildman–Crippen MR) is 71.3 cm³/mol. The van der Waals surface area contributed by atoms with E-state index in [9.17, 15) is 0 Å². The molecule has 6 heteroatoms. The van der Waals surface area contributed by atoms with Crippen molar-refractivity contribution < 1.29 is 0 Å². The van der Waals surface area contributed by atoms with Crippen molar-refractivity contribution in [2.45, 2.75) is 38.1 Å². The van der Waals surface area contributed by atoms with E-state index in [0.717, 1.165) is 6.42 Å². The van der Waals surface area contributed by atoms with Crippen LogP contribution in [0.5, 0.6) is 0 Å². The quantitative estimate of drug-likeness (QED) is 0.673. The second-order valence-electron chi connectivity index (χ2n) is 4.03. The number of rotatable bonds is 5. The van der Waals surface area contributed by atoms with E-state index in [1.165, 1.54) is 12.8 Å². The topological polar surface area (TPSA) is 88.8 Å². The average Bonchev–Trinajstić information content (AvgIpc) is 2.24. The van der Waals surface area contributed by atoms with Gasteiger partial charge in [0.25, 0.3) is 0 Å². The van der Waals surface area contributed by atoms with Crippen molar-refractivity contribution in [1.29, 1.82) is 0 Å². The van der Waals surface area contributed by atoms with Crippen LogP contribution >= 0.6 is 11.8 Å². The Morgan fingerprint density at radius 2 is 1.94 bits per heavy atom. The highest BCUT2D eigenvalue weighted by molar-refractivity contribution is 8.00. The van der Waals surface area contributed by atoms with Crippen LogP contribution in [-0.4, -0.2) is 23.2 Å². The molecule has 0 aromatic carbocycles. The first-order chi connectivity index (χ1) is 7.54. The van der Waals surface area contributed by atoms with Crippen LogP contribution in [0, 0.1) is 5.92 Å². The minimum Gasteiger partial charge on any atom is -0.370 e. The van der Waals surface area contributed by atoms with Gasteiger partial charge in [0.15, 0.2) is 11.9 Å². The van der Waals surface area contributed by atoms with Gasteiger partial charge < -0.3 is 11.5 Å². The molecule has 0 amide bonds. The molecule has 0 saturated carbocycles. The molecule has 1 heterocycles. The molecule has 5 N–H and O–H groups in total. The van der Waals surface area contributed by atoms with Crippen molar-refractivity contribution in [3.8, 4) is 0 Å². The minimum absolute atomic E-state index is 0.321. The fourth-order valence-electron chi connectivity index (χ4n) is 1.77. The number of nitrogens with two attached hydrogens (primary N) is 2. The monoisotopic (exact) mass is 243 g/mol. The Hall–Kier alpha value is -0.910. The Morgan fingerprint density at radius 1 is 1.38 bits per heavy atom. The molecule has 1 atom stereocenters. The van der Waals surface area contributed by atoms with Crippen LogP contribution in [0.4, 0.5) is 0 Å². The molecule has 0 spiro atoms. The van der Waals surface area contributed by atoms with Crippen LogP contribution in [0.3, 0.4) is 0 Å². The summed E-state index contributed by atoms with van der Waals surface area (Å²) in [5, 5.41) is 2.72. The molecule has 5 nitrogen and oxygen atoms in total. The van der Waals surface area contributed by atoms with E-state index in [1.54, 1.807) is 11.8 Å². The SMILES string of the molecule is CCCCC(C)C1(SC)N=C(N)NC(N)=N1. The molecule has 0 aliphatic carbocycles. The third-order valence-electron chi connectivity index (χ3n) is 2.75. The number of nitrogens with one attached hydrogen (secondary N) is 1. The molecule has 1 unspecified atom stereocenters. The van der Waals surface area contributed by atoms with Gasteiger partial charge in [-0.1, -0.05) is 26.7 Å². The van der Waals surface area contributed by atoms with Gasteiger partial charge in [0, 0.05) is 5.92 Å². The van der Waals surface area contributed by atoms with Crippen LogP contribution < -0.4 is 16.8 Å². The van der Waals surface area contributed by atoms with Crippen molar-refractivity contribution in [3.05, 3.63) is 0 Å². The lowest BCUT2D eigenvalue weighted by Gasteiger charge is -2.33. The lowest BCUT2D eigenvalue weighted by Crippen LogP contribution is -2.50. The zero-order chi connectivity index (χ0) is 12.2. The van der Waals surface area contributed by atoms with E-state index in [0.29, 0.717) is 17.8 Å². The van der Waals surface area contributed by atoms with Gasteiger partial charge in [-0.2, -0.15) is 0 Å². The number of aliphatic imine (C=N–C) groups is 2. The fraction of sp³-hybridized carbons (Fsp3) is 0.800. The van der Waals surface area contributed by atoms with Crippen LogP contribution in [0.2, 0.25) is 0 Å². The number of guanidine groups is 2. The molecular formula is C10H21N5S. The minimum atomic E-state index is -0.547. The van der Waals surface area contributed by atoms with Crippen LogP contribution in [0.25, 0.3) is 0 Å². The van der Waals surface area contributed by atoms with Gasteiger partial charge in [-0.25, -0.2) is 9.98 Å². The van der Waals surface area contributed by atoms with Crippen LogP contribution in [-0.2, 0) is 0 Å². The molecule has 0 saturated heterocycles. The molecule has 1 rings (SSSR count). The Morgan fingerprint density at radius 3 is 2.38 bits per heavy atom. The van der Waals surface area contributed by atoms with Crippen molar-refractivity contribution in [2.24, 2.45) is 27.4 Å². The molecule has 0 radical (unpaired) electrons. The molecule has 0 bridgehead atoms. The molecule has 0 aromatic heterocycles. The smallest absolute Gasteiger partial charge is 0.206 e. The van der Waals surface area contributed by atoms with Gasteiger partial charge in [0.1, 0.15) is 0 Å². The summed E-state index contributed by atoms with van der Waals surface area (Å²) in [4.78, 5) is 8.28. The average molecular weight is 243 g/mol. The Kier molecular flexibility index (Phi) is 4.46. The third kappa shape index (κ3) is 2.81. The maximum atomic E-state index is 5.71. The van der Waals surface area contributed by atoms with E-state index in [-0.39, 0.29) is 0 Å². The van der Waals surface area contributed by atoms with Crippen molar-refractivity contribution in [3.63, 3.8) is 0 Å². The summed E-state index contributed by atoms with van der Waals surface area (Å²) in [6, 6.07) is 0. The second-order valence-corrected chi connectivity index (χ2v) is 5.03. The van der Waals surface area contributed by atoms with E-state index >= 15 is 0 Å². The standard InChI is InChI=1S/C10H21N5S/c1-4-5-6-7(2)10(16-3)14-8(11)13-9(12)15-10/h7H,4-6H2,1-3H3,(H5,11,12,13,14,15). The highest BCUT2D eigenvalue weighted by Crippen LogP contribution is 2.38. The number of nitrogens with zero attached hydrogens (tertiary/aromatic N) is 2. The molecule has 16 heavy (non-hydrogen) atoms. The zero-order valence-corrected chi connectivity index (χ0v) is 11.0. The molecular weight excluding hydrogens is 222 g/mol. The van der Waals surface area contributed by atoms with Gasteiger partial charge >= 0.3 is 0 Å². The molecule has 92 valence electrons. The molecule has 0 aromatic rings. The largest absolute Gasteiger partial charge is 0.370 e. The highest BCUT2D eigenvalue weighted by atomic mass is 32.2. The summed E-state index contributed by atoms with van der Waals surface area (Å²) >= 11 is 1.58. The van der Waals surface area contributed by atoms with Gasteiger partial charge in [0.05, 0.1) is 0 Å². The van der Waals surface area contributed by atoms with Gasteiger partial charge in [-0.3, -0.25) is 5.32 Å². The first-order valence-corrected chi connectivity index (χ1v) is 6.79. The third-order valence-corrected chi connectivity index (χ3v) is 3.94. The summed E-state index contributed by atoms with van der Waals surface area (Å²) in [7, 11) is 0. The van der Waals surface area contributed by atoms with E-state index in [4.69, 9.17) is 11.5 Å². The maximum absolute atomic E-state index is 5.71. The predicted octanol–water partition coefficient (Wildman–Crippen LogP) is 1.06. The second kappa shape index (κ2) is 5.43. The van der Waals surface area contributed by atoms with Gasteiger partial charge in [0.2, 0.25) is 4.99 Å². The Bertz CT molecular complexity index is 282. The first kappa shape index (κ1) is 13.2. The number of hydrogen-bond acceptors (Lipinski definition) is 6. The van der Waals surface area contributed by atoms with E-state index in [2.05, 4.69) is 29.1 Å². The number of unbranched alkanes of at least 4 members (excludes halogenated alkanes) is 1. The first-order valence-electron chi connectivity index (χ1n) is 5.57. The number of hydrogen-bond donors (Lipinski definition) is 3.